The molecule has 0 atom stereocenters. The molecule has 0 saturated carbocycles. The molecule has 44 heavy (non-hydrogen) atoms. The lowest BCUT2D eigenvalue weighted by Crippen LogP contribution is -2.09. The number of hydrogen-bond acceptors (Lipinski definition) is 2. The minimum atomic E-state index is -0.181. The molecule has 6 rings (SSSR count). The highest BCUT2D eigenvalue weighted by atomic mass is 16.2. The van der Waals surface area contributed by atoms with Crippen LogP contribution in [0.25, 0.3) is 44.8 Å². The molecule has 6 aromatic rings. The van der Waals surface area contributed by atoms with E-state index in [4.69, 9.17) is 0 Å². The van der Waals surface area contributed by atoms with Gasteiger partial charge in [0, 0.05) is 23.5 Å². The van der Waals surface area contributed by atoms with Crippen molar-refractivity contribution >= 4 is 56.9 Å². The van der Waals surface area contributed by atoms with Gasteiger partial charge in [-0.25, -0.2) is 0 Å². The van der Waals surface area contributed by atoms with Gasteiger partial charge in [0.2, 0.25) is 11.8 Å². The van der Waals surface area contributed by atoms with Crippen LogP contribution in [-0.2, 0) is 9.59 Å². The zero-order valence-corrected chi connectivity index (χ0v) is 24.7. The lowest BCUT2D eigenvalue weighted by Gasteiger charge is -2.12. The summed E-state index contributed by atoms with van der Waals surface area (Å²) < 4.78 is 0. The Morgan fingerprint density at radius 1 is 0.500 bits per heavy atom. The lowest BCUT2D eigenvalue weighted by atomic mass is 10.00. The van der Waals surface area contributed by atoms with E-state index in [2.05, 4.69) is 59.2 Å². The van der Waals surface area contributed by atoms with Gasteiger partial charge in [0.25, 0.3) is 0 Å². The molecule has 0 heterocycles. The van der Waals surface area contributed by atoms with Crippen molar-refractivity contribution in [2.75, 3.05) is 10.6 Å². The molecule has 0 aliphatic carbocycles. The van der Waals surface area contributed by atoms with Crippen LogP contribution < -0.4 is 10.6 Å². The van der Waals surface area contributed by atoms with Crippen molar-refractivity contribution in [2.24, 2.45) is 0 Å². The number of rotatable bonds is 7. The number of aryl methyl sites for hydroxylation is 2. The van der Waals surface area contributed by atoms with E-state index in [9.17, 15) is 9.59 Å². The fourth-order valence-electron chi connectivity index (χ4n) is 5.44. The third kappa shape index (κ3) is 6.35. The Kier molecular flexibility index (Phi) is 8.15. The van der Waals surface area contributed by atoms with Gasteiger partial charge in [-0.3, -0.25) is 9.59 Å². The second kappa shape index (κ2) is 12.6. The van der Waals surface area contributed by atoms with Crippen LogP contribution in [0.2, 0.25) is 0 Å². The van der Waals surface area contributed by atoms with E-state index < -0.39 is 0 Å². The topological polar surface area (TPSA) is 58.2 Å². The average molecular weight is 573 g/mol. The van der Waals surface area contributed by atoms with Crippen LogP contribution in [0.15, 0.2) is 133 Å². The van der Waals surface area contributed by atoms with Gasteiger partial charge in [0.15, 0.2) is 0 Å². The number of carbonyl (C=O) groups is 2. The molecule has 6 aromatic carbocycles. The van der Waals surface area contributed by atoms with E-state index >= 15 is 0 Å². The van der Waals surface area contributed by atoms with Gasteiger partial charge < -0.3 is 10.6 Å². The highest BCUT2D eigenvalue weighted by molar-refractivity contribution is 6.05. The van der Waals surface area contributed by atoms with Crippen molar-refractivity contribution in [1.82, 2.24) is 0 Å². The van der Waals surface area contributed by atoms with Crippen molar-refractivity contribution in [2.45, 2.75) is 13.8 Å². The molecule has 2 N–H and O–H groups in total. The minimum Gasteiger partial charge on any atom is -0.322 e. The van der Waals surface area contributed by atoms with Gasteiger partial charge >= 0.3 is 0 Å². The summed E-state index contributed by atoms with van der Waals surface area (Å²) in [5.41, 5.74) is 7.51. The summed E-state index contributed by atoms with van der Waals surface area (Å²) in [5, 5.41) is 10.5. The first-order valence-corrected chi connectivity index (χ1v) is 14.6. The molecule has 0 spiro atoms. The predicted octanol–water partition coefficient (Wildman–Crippen LogP) is 9.58. The van der Waals surface area contributed by atoms with Gasteiger partial charge in [0.1, 0.15) is 0 Å². The Morgan fingerprint density at radius 2 is 0.909 bits per heavy atom. The first-order valence-electron chi connectivity index (χ1n) is 14.6. The third-order valence-corrected chi connectivity index (χ3v) is 7.78. The number of benzene rings is 6. The Morgan fingerprint density at radius 3 is 1.34 bits per heavy atom. The molecular formula is C40H32N2O2. The van der Waals surface area contributed by atoms with Gasteiger partial charge in [0.05, 0.1) is 0 Å². The zero-order chi connectivity index (χ0) is 30.5. The van der Waals surface area contributed by atoms with Gasteiger partial charge in [-0.05, 0) is 105 Å². The molecule has 2 amide bonds. The van der Waals surface area contributed by atoms with Gasteiger partial charge in [-0.2, -0.15) is 0 Å². The molecule has 4 nitrogen and oxygen atoms in total. The van der Waals surface area contributed by atoms with E-state index in [0.29, 0.717) is 0 Å². The van der Waals surface area contributed by atoms with E-state index in [1.165, 1.54) is 0 Å². The molecule has 0 aliphatic rings. The normalized spacial score (nSPS) is 11.4. The number of anilines is 2. The maximum Gasteiger partial charge on any atom is 0.248 e. The summed E-state index contributed by atoms with van der Waals surface area (Å²) in [4.78, 5) is 25.5. The smallest absolute Gasteiger partial charge is 0.248 e. The summed E-state index contributed by atoms with van der Waals surface area (Å²) >= 11 is 0. The second-order valence-corrected chi connectivity index (χ2v) is 10.8. The standard InChI is InChI=1S/C40H32N2O2/c1-27-25-33(17-21-37(27)41-39(43)23-19-31-13-7-11-29-9-3-5-15-35(29)31)34-18-22-38(28(2)26-34)42-40(44)24-20-32-14-8-12-30-10-4-6-16-36(30)32/h3-26H,1-2H3,(H,41,43)(H,42,44). The van der Waals surface area contributed by atoms with E-state index in [1.807, 2.05) is 98.8 Å². The van der Waals surface area contributed by atoms with Crippen LogP contribution in [0, 0.1) is 13.8 Å². The fraction of sp³-hybridized carbons (Fsp3) is 0.0500. The molecule has 0 radical (unpaired) electrons. The molecule has 0 aromatic heterocycles. The lowest BCUT2D eigenvalue weighted by molar-refractivity contribution is -0.112. The molecule has 0 bridgehead atoms. The largest absolute Gasteiger partial charge is 0.322 e. The van der Waals surface area contributed by atoms with Gasteiger partial charge in [-0.15, -0.1) is 0 Å². The number of fused-ring (bicyclic) bond motifs is 2. The highest BCUT2D eigenvalue weighted by Gasteiger charge is 2.08. The van der Waals surface area contributed by atoms with Crippen molar-refractivity contribution in [1.29, 1.82) is 0 Å². The van der Waals surface area contributed by atoms with Crippen LogP contribution in [0.5, 0.6) is 0 Å². The summed E-state index contributed by atoms with van der Waals surface area (Å²) in [7, 11) is 0. The van der Waals surface area contributed by atoms with Crippen molar-refractivity contribution in [3.8, 4) is 11.1 Å². The Bertz CT molecular complexity index is 1930. The first kappa shape index (κ1) is 28.4. The number of hydrogen-bond donors (Lipinski definition) is 2. The summed E-state index contributed by atoms with van der Waals surface area (Å²) in [6.45, 7) is 3.97. The van der Waals surface area contributed by atoms with Crippen LogP contribution in [0.3, 0.4) is 0 Å². The predicted molar refractivity (Wildman–Crippen MR) is 185 cm³/mol. The van der Waals surface area contributed by atoms with Crippen LogP contribution in [-0.4, -0.2) is 11.8 Å². The van der Waals surface area contributed by atoms with Crippen molar-refractivity contribution in [3.05, 3.63) is 156 Å². The molecular weight excluding hydrogens is 540 g/mol. The Labute approximate surface area is 257 Å². The molecule has 0 fully saturated rings. The summed E-state index contributed by atoms with van der Waals surface area (Å²) in [5.74, 6) is -0.363. The van der Waals surface area contributed by atoms with E-state index in [0.717, 1.165) is 66.3 Å². The maximum absolute atomic E-state index is 12.7. The van der Waals surface area contributed by atoms with Crippen LogP contribution in [0.1, 0.15) is 22.3 Å². The highest BCUT2D eigenvalue weighted by Crippen LogP contribution is 2.29. The molecule has 214 valence electrons. The number of amides is 2. The van der Waals surface area contributed by atoms with E-state index in [-0.39, 0.29) is 11.8 Å². The number of carbonyl (C=O) groups excluding carboxylic acids is 2. The minimum absolute atomic E-state index is 0.181. The average Bonchev–Trinajstić information content (AvgIpc) is 3.04. The van der Waals surface area contributed by atoms with Crippen LogP contribution in [0.4, 0.5) is 11.4 Å². The van der Waals surface area contributed by atoms with Crippen molar-refractivity contribution < 1.29 is 9.59 Å². The quantitative estimate of drug-likeness (QED) is 0.187. The maximum atomic E-state index is 12.7. The molecule has 0 unspecified atom stereocenters. The molecule has 0 saturated heterocycles. The zero-order valence-electron chi connectivity index (χ0n) is 24.7. The van der Waals surface area contributed by atoms with Gasteiger partial charge in [-0.1, -0.05) is 97.1 Å². The SMILES string of the molecule is Cc1cc(-c2ccc(NC(=O)C=Cc3cccc4ccccc34)c(C)c2)ccc1NC(=O)C=Cc1cccc2ccccc12. The molecule has 4 heteroatoms. The fourth-order valence-corrected chi connectivity index (χ4v) is 5.44. The second-order valence-electron chi connectivity index (χ2n) is 10.8. The van der Waals surface area contributed by atoms with E-state index in [1.54, 1.807) is 12.2 Å². The van der Waals surface area contributed by atoms with Crippen LogP contribution >= 0.6 is 0 Å². The first-order chi connectivity index (χ1) is 21.4. The Hall–Kier alpha value is -5.74. The van der Waals surface area contributed by atoms with Crippen molar-refractivity contribution in [3.63, 3.8) is 0 Å². The summed E-state index contributed by atoms with van der Waals surface area (Å²) in [6.07, 6.45) is 6.85. The monoisotopic (exact) mass is 572 g/mol. The Balaban J connectivity index is 1.11. The molecule has 0 aliphatic heterocycles. The summed E-state index contributed by atoms with van der Waals surface area (Å²) in [6, 6.07) is 40.4. The third-order valence-electron chi connectivity index (χ3n) is 7.78. The number of nitrogens with one attached hydrogen (secondary N) is 2.